The van der Waals surface area contributed by atoms with Gasteiger partial charge in [0.15, 0.2) is 0 Å². The first-order valence-electron chi connectivity index (χ1n) is 36.1. The molecule has 13 aromatic rings. The predicted molar refractivity (Wildman–Crippen MR) is 407 cm³/mol. The molecule has 0 aliphatic carbocycles. The van der Waals surface area contributed by atoms with Crippen LogP contribution in [0, 0.1) is 0 Å². The van der Waals surface area contributed by atoms with E-state index in [1.165, 1.54) is 30.0 Å². The van der Waals surface area contributed by atoms with Crippen LogP contribution >= 0.6 is 0 Å². The fourth-order valence-corrected chi connectivity index (χ4v) is 13.4. The number of β-amino-alcohol motifs (C(OH)–C–C–N with tert-alkyl or cyclic N) is 2. The van der Waals surface area contributed by atoms with Crippen molar-refractivity contribution >= 4 is 35.2 Å². The lowest BCUT2D eigenvalue weighted by molar-refractivity contribution is -0.120. The minimum Gasteiger partial charge on any atom is -0.493 e. The quantitative estimate of drug-likeness (QED) is 0.0331. The molecular weight excluding hydrogens is 1420 g/mol. The third-order valence-electron chi connectivity index (χ3n) is 18.9. The monoisotopic (exact) mass is 1490 g/mol. The summed E-state index contributed by atoms with van der Waals surface area (Å²) < 4.78 is 37.5. The van der Waals surface area contributed by atoms with Crippen molar-refractivity contribution in [3.63, 3.8) is 0 Å². The highest BCUT2D eigenvalue weighted by Crippen LogP contribution is 2.40. The summed E-state index contributed by atoms with van der Waals surface area (Å²) >= 11 is 0. The number of nitrogens with one attached hydrogen (secondary N) is 6. The number of aromatic amines is 3. The number of carbonyl (C=O) groups excluding carboxylic acids is 3. The number of anilines is 3. The highest BCUT2D eigenvalue weighted by molar-refractivity contribution is 5.92. The van der Waals surface area contributed by atoms with E-state index in [1.54, 1.807) is 30.5 Å². The molecule has 18 rings (SSSR count). The zero-order valence-electron chi connectivity index (χ0n) is 59.7. The predicted octanol–water partition coefficient (Wildman–Crippen LogP) is 10.2. The molecule has 5 aliphatic heterocycles. The van der Waals surface area contributed by atoms with Crippen LogP contribution in [0.1, 0.15) is 51.9 Å². The second-order valence-electron chi connectivity index (χ2n) is 27.2. The van der Waals surface area contributed by atoms with Crippen LogP contribution in [0.5, 0.6) is 52.0 Å². The molecule has 6 aromatic carbocycles. The highest BCUT2D eigenvalue weighted by Gasteiger charge is 2.31. The van der Waals surface area contributed by atoms with E-state index in [0.29, 0.717) is 98.2 Å². The van der Waals surface area contributed by atoms with Gasteiger partial charge in [0.2, 0.25) is 29.5 Å². The summed E-state index contributed by atoms with van der Waals surface area (Å²) in [6.07, 6.45) is 14.3. The molecule has 0 spiro atoms. The fraction of sp³-hybridized carbons (Fsp3) is 0.222. The largest absolute Gasteiger partial charge is 0.493 e. The van der Waals surface area contributed by atoms with Crippen LogP contribution in [0.25, 0.3) is 33.8 Å². The van der Waals surface area contributed by atoms with Crippen LogP contribution in [0.3, 0.4) is 0 Å². The molecule has 5 aliphatic rings. The van der Waals surface area contributed by atoms with Crippen LogP contribution in [-0.2, 0) is 40.2 Å². The van der Waals surface area contributed by atoms with Crippen LogP contribution in [0.4, 0.5) is 17.5 Å². The number of nitrogens with zero attached hydrogens (tertiary/aromatic N) is 13. The number of H-pyrrole nitrogens is 3. The van der Waals surface area contributed by atoms with E-state index in [-0.39, 0.29) is 67.3 Å². The zero-order valence-corrected chi connectivity index (χ0v) is 59.7. The summed E-state index contributed by atoms with van der Waals surface area (Å²) in [5.41, 5.74) is 9.31. The van der Waals surface area contributed by atoms with E-state index >= 15 is 0 Å². The number of rotatable bonds is 21. The van der Waals surface area contributed by atoms with Gasteiger partial charge in [0.25, 0.3) is 0 Å². The van der Waals surface area contributed by atoms with E-state index in [1.807, 2.05) is 138 Å². The Kier molecular flexibility index (Phi) is 21.5. The first kappa shape index (κ1) is 71.7. The minimum absolute atomic E-state index is 0.0429. The second-order valence-corrected chi connectivity index (χ2v) is 27.2. The van der Waals surface area contributed by atoms with Gasteiger partial charge in [0.1, 0.15) is 107 Å². The van der Waals surface area contributed by atoms with Gasteiger partial charge in [-0.15, -0.1) is 0 Å². The first-order chi connectivity index (χ1) is 54.4. The van der Waals surface area contributed by atoms with Gasteiger partial charge >= 0.3 is 0 Å². The molecule has 30 nitrogen and oxygen atoms in total. The molecule has 8 N–H and O–H groups in total. The fourth-order valence-electron chi connectivity index (χ4n) is 13.4. The van der Waals surface area contributed by atoms with Crippen molar-refractivity contribution in [2.45, 2.75) is 55.8 Å². The number of carbonyl (C=O) groups is 3. The molecule has 0 bridgehead atoms. The summed E-state index contributed by atoms with van der Waals surface area (Å²) in [5, 5.41) is 30.9. The van der Waals surface area contributed by atoms with Crippen molar-refractivity contribution in [3.05, 3.63) is 254 Å². The van der Waals surface area contributed by atoms with Gasteiger partial charge < -0.3 is 69.5 Å². The van der Waals surface area contributed by atoms with Gasteiger partial charge in [-0.3, -0.25) is 24.2 Å². The molecular formula is C81H75N19O11. The van der Waals surface area contributed by atoms with Gasteiger partial charge in [0.05, 0.1) is 98.5 Å². The number of amides is 3. The Labute approximate surface area is 635 Å². The van der Waals surface area contributed by atoms with Gasteiger partial charge in [-0.2, -0.15) is 5.10 Å². The number of aliphatic hydroxyl groups is 2. The first-order valence-corrected chi connectivity index (χ1v) is 36.1. The van der Waals surface area contributed by atoms with Crippen molar-refractivity contribution in [1.82, 2.24) is 79.4 Å². The summed E-state index contributed by atoms with van der Waals surface area (Å²) in [7, 11) is 0. The summed E-state index contributed by atoms with van der Waals surface area (Å²) in [6, 6.07) is 54.0. The van der Waals surface area contributed by atoms with Gasteiger partial charge in [-0.1, -0.05) is 91.0 Å². The topological polar surface area (TPSA) is 371 Å². The molecule has 560 valence electrons. The van der Waals surface area contributed by atoms with Gasteiger partial charge in [-0.05, 0) is 113 Å². The zero-order chi connectivity index (χ0) is 75.4. The van der Waals surface area contributed by atoms with E-state index in [4.69, 9.17) is 28.4 Å². The number of likely N-dealkylation sites (tertiary alicyclic amines) is 2. The van der Waals surface area contributed by atoms with Crippen molar-refractivity contribution in [2.24, 2.45) is 0 Å². The van der Waals surface area contributed by atoms with Crippen LogP contribution in [0.15, 0.2) is 220 Å². The van der Waals surface area contributed by atoms with Crippen molar-refractivity contribution in [1.29, 1.82) is 0 Å². The molecule has 111 heavy (non-hydrogen) atoms. The second kappa shape index (κ2) is 33.3. The van der Waals surface area contributed by atoms with Crippen molar-refractivity contribution < 1.29 is 53.0 Å². The Morgan fingerprint density at radius 2 is 0.811 bits per heavy atom. The summed E-state index contributed by atoms with van der Waals surface area (Å²) in [5.74, 6) is 8.93. The molecule has 7 aromatic heterocycles. The molecule has 0 saturated carbocycles. The average Bonchev–Trinajstić information content (AvgIpc) is 1.78. The van der Waals surface area contributed by atoms with Crippen LogP contribution < -0.4 is 44.4 Å². The molecule has 0 radical (unpaired) electrons. The van der Waals surface area contributed by atoms with E-state index in [0.717, 1.165) is 104 Å². The normalized spacial score (nSPS) is 16.4. The third kappa shape index (κ3) is 18.4. The number of ether oxygens (including phenoxy) is 6. The van der Waals surface area contributed by atoms with Gasteiger partial charge in [0, 0.05) is 50.6 Å². The average molecular weight is 1490 g/mol. The number of hydrogen-bond donors (Lipinski definition) is 8. The number of hydrogen-bond acceptors (Lipinski definition) is 23. The lowest BCUT2D eigenvalue weighted by Crippen LogP contribution is -2.53. The number of imidazole rings is 3. The molecule has 3 amide bonds. The van der Waals surface area contributed by atoms with E-state index in [9.17, 15) is 24.6 Å². The molecule has 2 fully saturated rings. The van der Waals surface area contributed by atoms with Crippen LogP contribution in [-0.4, -0.2) is 179 Å². The van der Waals surface area contributed by atoms with Crippen LogP contribution in [0.2, 0.25) is 0 Å². The molecule has 0 unspecified atom stereocenters. The number of pyridine rings is 1. The van der Waals surface area contributed by atoms with E-state index < -0.39 is 0 Å². The number of fused-ring (bicyclic) bond motifs is 3. The SMILES string of the molecule is O=C(CN1CC(O)C1)Nc1cc(Oc2ccc3c(c2)C[C@@H](c2ncc(-c4ccccc4)[nH]2)CO3)ncn1.O=C(CN1CC(O)C1)Nc1cc(Oc2ccc3c(c2)C[C@H](c2ncc(-c4ccccc4)[nH]2)CO3)ncn1.O=C(Cn1cncn1)Nc1cc(Oc2ccc3c(c2)C[C@@H](c2ncc(-c4ccccc4)[nH]2)CO3)ccn1. The van der Waals surface area contributed by atoms with Crippen molar-refractivity contribution in [3.8, 4) is 85.8 Å². The maximum absolute atomic E-state index is 12.2. The number of aromatic nitrogens is 14. The number of benzene rings is 6. The maximum atomic E-state index is 12.2. The minimum atomic E-state index is -0.352. The van der Waals surface area contributed by atoms with Crippen molar-refractivity contribution in [2.75, 3.05) is 75.0 Å². The molecule has 30 heteroatoms. The molecule has 3 atom stereocenters. The smallest absolute Gasteiger partial charge is 0.247 e. The lowest BCUT2D eigenvalue weighted by atomic mass is 9.96. The lowest BCUT2D eigenvalue weighted by Gasteiger charge is -2.34. The molecule has 12 heterocycles. The Balaban J connectivity index is 0.000000126. The Bertz CT molecular complexity index is 5150. The summed E-state index contributed by atoms with van der Waals surface area (Å²) in [6.45, 7) is 4.09. The number of aliphatic hydroxyl groups excluding tert-OH is 2. The Morgan fingerprint density at radius 1 is 0.423 bits per heavy atom. The third-order valence-corrected chi connectivity index (χ3v) is 18.9. The summed E-state index contributed by atoms with van der Waals surface area (Å²) in [4.78, 5) is 89.1. The Morgan fingerprint density at radius 3 is 1.21 bits per heavy atom. The molecule has 2 saturated heterocycles. The standard InChI is InChI=1S/C27H23N7O3.2C27H26N6O4/c35-26(14-34-17-28-16-31-34)33-25-12-22(8-9-29-25)37-21-6-7-24-19(11-21)10-20(15-36-24)27-30-13-23(32-27)18-4-2-1-3-5-18;2*34-20-12-33(13-20)14-25(35)32-24-10-26(30-16-29-24)37-21-6-7-23-18(9-21)8-19(15-36-23)27-28-11-22(31-27)17-4-2-1-3-5-17/h1-9,11-13,16-17,20H,10,14-15H2,(H,30,32)(H,29,33,35);2*1-7,9-11,16,19-20,34H,8,12-15H2,(H,28,31)(H,29,30,32,35)/t20-;2*19-/m110/s1. The van der Waals surface area contributed by atoms with E-state index in [2.05, 4.69) is 117 Å². The highest BCUT2D eigenvalue weighted by atomic mass is 16.5. The Hall–Kier alpha value is -13.6. The maximum Gasteiger partial charge on any atom is 0.247 e. The van der Waals surface area contributed by atoms with Gasteiger partial charge in [-0.25, -0.2) is 49.5 Å².